The van der Waals surface area contributed by atoms with Crippen molar-refractivity contribution in [2.45, 2.75) is 51.6 Å². The maximum Gasteiger partial charge on any atom is 0.249 e. The molecule has 2 aliphatic rings. The van der Waals surface area contributed by atoms with Gasteiger partial charge in [-0.2, -0.15) is 0 Å². The summed E-state index contributed by atoms with van der Waals surface area (Å²) in [4.78, 5) is 26.4. The van der Waals surface area contributed by atoms with Gasteiger partial charge in [-0.25, -0.2) is 0 Å². The Morgan fingerprint density at radius 2 is 2.11 bits per heavy atom. The molecule has 5 nitrogen and oxygen atoms in total. The van der Waals surface area contributed by atoms with Gasteiger partial charge in [-0.3, -0.25) is 9.59 Å². The molecule has 108 valence electrons. The molecule has 5 heteroatoms. The minimum Gasteiger partial charge on any atom is -0.382 e. The third kappa shape index (κ3) is 2.76. The predicted molar refractivity (Wildman–Crippen MR) is 71.6 cm³/mol. The van der Waals surface area contributed by atoms with Crippen LogP contribution in [0.15, 0.2) is 0 Å². The molecule has 1 aliphatic carbocycles. The molecule has 1 saturated carbocycles. The molecular formula is C14H24N2O3. The van der Waals surface area contributed by atoms with E-state index in [1.54, 1.807) is 11.8 Å². The number of hydrogen-bond acceptors (Lipinski definition) is 3. The molecule has 2 unspecified atom stereocenters. The number of amides is 2. The second kappa shape index (κ2) is 5.49. The van der Waals surface area contributed by atoms with Gasteiger partial charge >= 0.3 is 0 Å². The van der Waals surface area contributed by atoms with Gasteiger partial charge in [-0.05, 0) is 46.0 Å². The van der Waals surface area contributed by atoms with Gasteiger partial charge in [-0.1, -0.05) is 0 Å². The number of nitrogens with zero attached hydrogens (tertiary/aromatic N) is 1. The number of piperazine rings is 1. The molecule has 1 N–H and O–H groups in total. The molecule has 2 amide bonds. The third-order valence-corrected chi connectivity index (χ3v) is 4.22. The zero-order valence-corrected chi connectivity index (χ0v) is 12.1. The molecule has 0 aromatic carbocycles. The number of rotatable bonds is 6. The molecule has 0 aromatic rings. The van der Waals surface area contributed by atoms with Crippen molar-refractivity contribution in [3.05, 3.63) is 0 Å². The Hall–Kier alpha value is -1.10. The van der Waals surface area contributed by atoms with Crippen molar-refractivity contribution in [1.29, 1.82) is 0 Å². The number of ether oxygens (including phenoxy) is 1. The lowest BCUT2D eigenvalue weighted by Gasteiger charge is -2.43. The van der Waals surface area contributed by atoms with Crippen LogP contribution in [0, 0.1) is 5.92 Å². The molecule has 1 heterocycles. The molecular weight excluding hydrogens is 244 g/mol. The predicted octanol–water partition coefficient (Wildman–Crippen LogP) is 0.929. The molecule has 2 rings (SSSR count). The van der Waals surface area contributed by atoms with E-state index < -0.39 is 5.54 Å². The van der Waals surface area contributed by atoms with Crippen molar-refractivity contribution >= 4 is 11.8 Å². The molecule has 2 atom stereocenters. The highest BCUT2D eigenvalue weighted by atomic mass is 16.5. The zero-order chi connectivity index (χ0) is 14.0. The van der Waals surface area contributed by atoms with E-state index in [-0.39, 0.29) is 17.9 Å². The van der Waals surface area contributed by atoms with Gasteiger partial charge in [0.05, 0.1) is 0 Å². The first-order valence-corrected chi connectivity index (χ1v) is 7.21. The Balaban J connectivity index is 2.02. The molecule has 0 bridgehead atoms. The fourth-order valence-corrected chi connectivity index (χ4v) is 2.74. The molecule has 2 fully saturated rings. The standard InChI is InChI=1S/C14H24N2O3/c1-4-19-9-5-8-16-10(2)12(17)15-14(3,13(16)18)11-6-7-11/h10-11H,4-9H2,1-3H3,(H,15,17). The summed E-state index contributed by atoms with van der Waals surface area (Å²) in [5.74, 6) is 0.342. The van der Waals surface area contributed by atoms with E-state index in [1.807, 2.05) is 13.8 Å². The largest absolute Gasteiger partial charge is 0.382 e. The smallest absolute Gasteiger partial charge is 0.249 e. The SMILES string of the molecule is CCOCCCN1C(=O)C(C)(C2CC2)NC(=O)C1C. The topological polar surface area (TPSA) is 58.6 Å². The fourth-order valence-electron chi connectivity index (χ4n) is 2.74. The lowest BCUT2D eigenvalue weighted by molar-refractivity contribution is -0.154. The number of nitrogens with one attached hydrogen (secondary N) is 1. The van der Waals surface area contributed by atoms with E-state index in [9.17, 15) is 9.59 Å². The fraction of sp³-hybridized carbons (Fsp3) is 0.857. The van der Waals surface area contributed by atoms with Crippen LogP contribution in [0.1, 0.15) is 40.0 Å². The van der Waals surface area contributed by atoms with Crippen LogP contribution in [0.4, 0.5) is 0 Å². The van der Waals surface area contributed by atoms with Crippen molar-refractivity contribution in [3.8, 4) is 0 Å². The van der Waals surface area contributed by atoms with Crippen LogP contribution in [0.5, 0.6) is 0 Å². The first kappa shape index (κ1) is 14.3. The van der Waals surface area contributed by atoms with Crippen molar-refractivity contribution in [3.63, 3.8) is 0 Å². The summed E-state index contributed by atoms with van der Waals surface area (Å²) in [5, 5.41) is 2.92. The summed E-state index contributed by atoms with van der Waals surface area (Å²) in [6, 6.07) is -0.374. The Morgan fingerprint density at radius 1 is 1.42 bits per heavy atom. The summed E-state index contributed by atoms with van der Waals surface area (Å²) in [6.07, 6.45) is 2.84. The quantitative estimate of drug-likeness (QED) is 0.729. The van der Waals surface area contributed by atoms with Crippen molar-refractivity contribution in [1.82, 2.24) is 10.2 Å². The summed E-state index contributed by atoms with van der Waals surface area (Å²) in [7, 11) is 0. The van der Waals surface area contributed by atoms with Gasteiger partial charge in [0, 0.05) is 19.8 Å². The average molecular weight is 268 g/mol. The van der Waals surface area contributed by atoms with Crippen LogP contribution in [0.3, 0.4) is 0 Å². The third-order valence-electron chi connectivity index (χ3n) is 4.22. The normalized spacial score (nSPS) is 31.5. The van der Waals surface area contributed by atoms with Crippen LogP contribution in [-0.2, 0) is 14.3 Å². The molecule has 0 aromatic heterocycles. The lowest BCUT2D eigenvalue weighted by atomic mass is 9.89. The van der Waals surface area contributed by atoms with Crippen LogP contribution in [0.2, 0.25) is 0 Å². The van der Waals surface area contributed by atoms with Gasteiger partial charge in [0.1, 0.15) is 11.6 Å². The maximum absolute atomic E-state index is 12.6. The summed E-state index contributed by atoms with van der Waals surface area (Å²) >= 11 is 0. The Morgan fingerprint density at radius 3 is 2.68 bits per heavy atom. The van der Waals surface area contributed by atoms with E-state index in [0.29, 0.717) is 25.7 Å². The van der Waals surface area contributed by atoms with E-state index in [4.69, 9.17) is 4.74 Å². The van der Waals surface area contributed by atoms with Gasteiger partial charge in [-0.15, -0.1) is 0 Å². The monoisotopic (exact) mass is 268 g/mol. The Labute approximate surface area is 114 Å². The molecule has 1 saturated heterocycles. The van der Waals surface area contributed by atoms with Crippen LogP contribution >= 0.6 is 0 Å². The minimum absolute atomic E-state index is 0.0367. The molecule has 1 aliphatic heterocycles. The Kier molecular flexibility index (Phi) is 4.13. The minimum atomic E-state index is -0.685. The van der Waals surface area contributed by atoms with Crippen molar-refractivity contribution in [2.75, 3.05) is 19.8 Å². The number of hydrogen-bond donors (Lipinski definition) is 1. The summed E-state index contributed by atoms with van der Waals surface area (Å²) in [6.45, 7) is 7.52. The van der Waals surface area contributed by atoms with Crippen molar-refractivity contribution in [2.24, 2.45) is 5.92 Å². The second-order valence-electron chi connectivity index (χ2n) is 5.69. The zero-order valence-electron chi connectivity index (χ0n) is 12.1. The first-order chi connectivity index (χ1) is 9.00. The van der Waals surface area contributed by atoms with Crippen LogP contribution in [-0.4, -0.2) is 48.1 Å². The molecule has 0 radical (unpaired) electrons. The van der Waals surface area contributed by atoms with Gasteiger partial charge in [0.2, 0.25) is 11.8 Å². The number of carbonyl (C=O) groups excluding carboxylic acids is 2. The first-order valence-electron chi connectivity index (χ1n) is 7.21. The second-order valence-corrected chi connectivity index (χ2v) is 5.69. The molecule has 0 spiro atoms. The van der Waals surface area contributed by atoms with Gasteiger partial charge in [0.25, 0.3) is 0 Å². The highest BCUT2D eigenvalue weighted by Gasteiger charge is 2.54. The van der Waals surface area contributed by atoms with E-state index in [1.165, 1.54) is 0 Å². The van der Waals surface area contributed by atoms with E-state index in [2.05, 4.69) is 5.32 Å². The molecule has 19 heavy (non-hydrogen) atoms. The van der Waals surface area contributed by atoms with E-state index in [0.717, 1.165) is 19.3 Å². The summed E-state index contributed by atoms with van der Waals surface area (Å²) < 4.78 is 5.30. The van der Waals surface area contributed by atoms with Crippen LogP contribution in [0.25, 0.3) is 0 Å². The van der Waals surface area contributed by atoms with Crippen LogP contribution < -0.4 is 5.32 Å². The summed E-state index contributed by atoms with van der Waals surface area (Å²) in [5.41, 5.74) is -0.685. The van der Waals surface area contributed by atoms with Crippen molar-refractivity contribution < 1.29 is 14.3 Å². The van der Waals surface area contributed by atoms with Gasteiger partial charge < -0.3 is 15.0 Å². The lowest BCUT2D eigenvalue weighted by Crippen LogP contribution is -2.69. The van der Waals surface area contributed by atoms with E-state index >= 15 is 0 Å². The highest BCUT2D eigenvalue weighted by molar-refractivity contribution is 5.99. The highest BCUT2D eigenvalue weighted by Crippen LogP contribution is 2.42. The maximum atomic E-state index is 12.6. The van der Waals surface area contributed by atoms with Gasteiger partial charge in [0.15, 0.2) is 0 Å². The number of carbonyl (C=O) groups is 2. The Bertz CT molecular complexity index is 368. The average Bonchev–Trinajstić information content (AvgIpc) is 3.20.